The fourth-order valence-electron chi connectivity index (χ4n) is 3.19. The Morgan fingerprint density at radius 3 is 2.92 bits per heavy atom. The van der Waals surface area contributed by atoms with Crippen molar-refractivity contribution < 1.29 is 9.90 Å². The molecule has 1 N–H and O–H groups in total. The maximum atomic E-state index is 12.4. The van der Waals surface area contributed by atoms with Crippen molar-refractivity contribution in [1.82, 2.24) is 24.6 Å². The summed E-state index contributed by atoms with van der Waals surface area (Å²) in [6, 6.07) is 1.91. The number of aliphatic hydroxyl groups is 1. The number of aromatic nitrogens is 4. The van der Waals surface area contributed by atoms with Crippen LogP contribution in [0.1, 0.15) is 18.5 Å². The molecule has 1 aliphatic heterocycles. The van der Waals surface area contributed by atoms with Gasteiger partial charge in [0.05, 0.1) is 12.7 Å². The average molecular weight is 344 g/mol. The molecule has 0 bridgehead atoms. The van der Waals surface area contributed by atoms with Crippen LogP contribution in [0.25, 0.3) is 0 Å². The van der Waals surface area contributed by atoms with Gasteiger partial charge in [-0.25, -0.2) is 4.98 Å². The van der Waals surface area contributed by atoms with Crippen molar-refractivity contribution in [2.75, 3.05) is 31.6 Å². The van der Waals surface area contributed by atoms with Crippen LogP contribution >= 0.6 is 0 Å². The smallest absolute Gasteiger partial charge is 0.224 e. The van der Waals surface area contributed by atoms with Gasteiger partial charge in [-0.2, -0.15) is 5.10 Å². The standard InChI is InChI=1S/C17H24N6O2/c1-14-3-6-20-23(14)9-4-16(24)21(2)12-17(25)5-10-22(13-17)15-11-18-7-8-19-15/h3,6-8,11,25H,4-5,9-10,12-13H2,1-2H3/t17-/m0/s1. The predicted molar refractivity (Wildman–Crippen MR) is 93.0 cm³/mol. The number of nitrogens with zero attached hydrogens (tertiary/aromatic N) is 6. The second-order valence-electron chi connectivity index (χ2n) is 6.66. The number of likely N-dealkylation sites (N-methyl/N-ethyl adjacent to an activating group) is 1. The minimum Gasteiger partial charge on any atom is -0.386 e. The first-order valence-corrected chi connectivity index (χ1v) is 8.43. The van der Waals surface area contributed by atoms with Crippen molar-refractivity contribution in [3.63, 3.8) is 0 Å². The summed E-state index contributed by atoms with van der Waals surface area (Å²) in [7, 11) is 1.74. The minimum absolute atomic E-state index is 0.00118. The van der Waals surface area contributed by atoms with E-state index in [4.69, 9.17) is 0 Å². The Kier molecular flexibility index (Phi) is 4.98. The monoisotopic (exact) mass is 344 g/mol. The summed E-state index contributed by atoms with van der Waals surface area (Å²) in [6.45, 7) is 3.96. The Balaban J connectivity index is 1.52. The molecule has 0 saturated carbocycles. The maximum Gasteiger partial charge on any atom is 0.224 e. The number of hydrogen-bond acceptors (Lipinski definition) is 6. The number of rotatable bonds is 6. The van der Waals surface area contributed by atoms with Crippen LogP contribution in [0, 0.1) is 6.92 Å². The zero-order valence-corrected chi connectivity index (χ0v) is 14.7. The highest BCUT2D eigenvalue weighted by Crippen LogP contribution is 2.25. The van der Waals surface area contributed by atoms with Gasteiger partial charge in [-0.05, 0) is 19.4 Å². The summed E-state index contributed by atoms with van der Waals surface area (Å²) < 4.78 is 1.81. The molecule has 3 rings (SSSR count). The van der Waals surface area contributed by atoms with Crippen molar-refractivity contribution in [3.8, 4) is 0 Å². The Labute approximate surface area is 147 Å². The quantitative estimate of drug-likeness (QED) is 0.820. The van der Waals surface area contributed by atoms with Gasteiger partial charge in [0.25, 0.3) is 0 Å². The van der Waals surface area contributed by atoms with Gasteiger partial charge in [-0.3, -0.25) is 14.5 Å². The van der Waals surface area contributed by atoms with Gasteiger partial charge >= 0.3 is 0 Å². The molecule has 0 radical (unpaired) electrons. The van der Waals surface area contributed by atoms with Crippen molar-refractivity contribution in [2.45, 2.75) is 31.9 Å². The summed E-state index contributed by atoms with van der Waals surface area (Å²) in [5.74, 6) is 0.753. The second kappa shape index (κ2) is 7.18. The summed E-state index contributed by atoms with van der Waals surface area (Å²) in [5.41, 5.74) is 0.105. The van der Waals surface area contributed by atoms with Crippen LogP contribution < -0.4 is 4.90 Å². The second-order valence-corrected chi connectivity index (χ2v) is 6.66. The fourth-order valence-corrected chi connectivity index (χ4v) is 3.19. The largest absolute Gasteiger partial charge is 0.386 e. The van der Waals surface area contributed by atoms with E-state index in [-0.39, 0.29) is 5.91 Å². The van der Waals surface area contributed by atoms with E-state index in [0.29, 0.717) is 39.0 Å². The van der Waals surface area contributed by atoms with E-state index < -0.39 is 5.60 Å². The predicted octanol–water partition coefficient (Wildman–Crippen LogP) is 0.471. The molecule has 0 unspecified atom stereocenters. The number of aryl methyl sites for hydroxylation is 2. The molecule has 2 aromatic rings. The lowest BCUT2D eigenvalue weighted by atomic mass is 10.0. The van der Waals surface area contributed by atoms with E-state index >= 15 is 0 Å². The minimum atomic E-state index is -0.927. The normalized spacial score (nSPS) is 20.0. The highest BCUT2D eigenvalue weighted by Gasteiger charge is 2.38. The first kappa shape index (κ1) is 17.3. The molecule has 1 aliphatic rings. The third-order valence-corrected chi connectivity index (χ3v) is 4.63. The summed E-state index contributed by atoms with van der Waals surface area (Å²) in [4.78, 5) is 24.3. The molecule has 1 saturated heterocycles. The van der Waals surface area contributed by atoms with E-state index in [1.165, 1.54) is 0 Å². The van der Waals surface area contributed by atoms with Crippen molar-refractivity contribution >= 4 is 11.7 Å². The number of hydrogen-bond donors (Lipinski definition) is 1. The molecule has 0 aliphatic carbocycles. The molecule has 25 heavy (non-hydrogen) atoms. The average Bonchev–Trinajstić information content (AvgIpc) is 3.19. The topological polar surface area (TPSA) is 87.4 Å². The SMILES string of the molecule is Cc1ccnn1CCC(=O)N(C)C[C@@]1(O)CCN(c2cnccn2)C1. The van der Waals surface area contributed by atoms with E-state index in [1.54, 1.807) is 36.7 Å². The summed E-state index contributed by atoms with van der Waals surface area (Å²) in [6.07, 6.45) is 7.64. The van der Waals surface area contributed by atoms with Crippen LogP contribution in [0.2, 0.25) is 0 Å². The van der Waals surface area contributed by atoms with Gasteiger partial charge in [0.2, 0.25) is 5.91 Å². The Morgan fingerprint density at radius 2 is 2.24 bits per heavy atom. The fraction of sp³-hybridized carbons (Fsp3) is 0.529. The van der Waals surface area contributed by atoms with Crippen LogP contribution in [0.5, 0.6) is 0 Å². The van der Waals surface area contributed by atoms with Crippen LogP contribution in [0.3, 0.4) is 0 Å². The molecule has 1 amide bonds. The lowest BCUT2D eigenvalue weighted by molar-refractivity contribution is -0.133. The first-order chi connectivity index (χ1) is 12.0. The summed E-state index contributed by atoms with van der Waals surface area (Å²) >= 11 is 0. The van der Waals surface area contributed by atoms with Gasteiger partial charge in [0.15, 0.2) is 0 Å². The number of carbonyl (C=O) groups is 1. The number of carbonyl (C=O) groups excluding carboxylic acids is 1. The highest BCUT2D eigenvalue weighted by atomic mass is 16.3. The van der Waals surface area contributed by atoms with Crippen LogP contribution in [-0.4, -0.2) is 67.9 Å². The molecular formula is C17H24N6O2. The first-order valence-electron chi connectivity index (χ1n) is 8.43. The molecule has 2 aromatic heterocycles. The van der Waals surface area contributed by atoms with E-state index in [0.717, 1.165) is 11.5 Å². The van der Waals surface area contributed by atoms with Gasteiger partial charge in [0.1, 0.15) is 11.4 Å². The van der Waals surface area contributed by atoms with E-state index in [1.807, 2.05) is 22.6 Å². The molecule has 134 valence electrons. The lowest BCUT2D eigenvalue weighted by Gasteiger charge is -2.29. The van der Waals surface area contributed by atoms with Gasteiger partial charge in [-0.15, -0.1) is 0 Å². The van der Waals surface area contributed by atoms with Gasteiger partial charge in [-0.1, -0.05) is 0 Å². The van der Waals surface area contributed by atoms with Gasteiger partial charge < -0.3 is 14.9 Å². The number of anilines is 1. The van der Waals surface area contributed by atoms with Crippen molar-refractivity contribution in [2.24, 2.45) is 0 Å². The highest BCUT2D eigenvalue weighted by molar-refractivity contribution is 5.75. The Morgan fingerprint density at radius 1 is 1.40 bits per heavy atom. The van der Waals surface area contributed by atoms with Crippen LogP contribution in [0.15, 0.2) is 30.9 Å². The third-order valence-electron chi connectivity index (χ3n) is 4.63. The van der Waals surface area contributed by atoms with E-state index in [2.05, 4.69) is 15.1 Å². The number of β-amino-alcohol motifs (C(OH)–C–C–N with tert-alkyl or cyclic N) is 1. The Hall–Kier alpha value is -2.48. The molecular weight excluding hydrogens is 320 g/mol. The lowest BCUT2D eigenvalue weighted by Crippen LogP contribution is -2.46. The van der Waals surface area contributed by atoms with Crippen molar-refractivity contribution in [1.29, 1.82) is 0 Å². The summed E-state index contributed by atoms with van der Waals surface area (Å²) in [5, 5.41) is 15.0. The third kappa shape index (κ3) is 4.14. The van der Waals surface area contributed by atoms with Crippen molar-refractivity contribution in [3.05, 3.63) is 36.5 Å². The molecule has 8 nitrogen and oxygen atoms in total. The number of amides is 1. The molecule has 3 heterocycles. The molecule has 0 spiro atoms. The van der Waals surface area contributed by atoms with Crippen LogP contribution in [0.4, 0.5) is 5.82 Å². The zero-order valence-electron chi connectivity index (χ0n) is 14.7. The molecule has 0 aromatic carbocycles. The van der Waals surface area contributed by atoms with E-state index in [9.17, 15) is 9.90 Å². The molecule has 1 fully saturated rings. The van der Waals surface area contributed by atoms with Crippen LogP contribution in [-0.2, 0) is 11.3 Å². The maximum absolute atomic E-state index is 12.4. The molecule has 8 heteroatoms. The zero-order chi connectivity index (χ0) is 17.9. The Bertz CT molecular complexity index is 719. The molecule has 1 atom stereocenters. The van der Waals surface area contributed by atoms with Gasteiger partial charge in [0, 0.05) is 57.4 Å².